The van der Waals surface area contributed by atoms with E-state index in [1.807, 2.05) is 11.4 Å². The number of ether oxygens (including phenoxy) is 1. The summed E-state index contributed by atoms with van der Waals surface area (Å²) in [4.78, 5) is 11.8. The lowest BCUT2D eigenvalue weighted by Crippen LogP contribution is -2.12. The van der Waals surface area contributed by atoms with Crippen LogP contribution < -0.4 is 0 Å². The quantitative estimate of drug-likeness (QED) is 0.901. The topological polar surface area (TPSA) is 46.5 Å². The van der Waals surface area contributed by atoms with Crippen molar-refractivity contribution >= 4 is 33.2 Å². The van der Waals surface area contributed by atoms with Gasteiger partial charge in [-0.15, -0.1) is 11.3 Å². The summed E-state index contributed by atoms with van der Waals surface area (Å²) < 4.78 is 5.81. The molecule has 0 bridgehead atoms. The molecule has 0 saturated carbocycles. The fraction of sp³-hybridized carbons (Fsp3) is 0.444. The molecule has 1 unspecified atom stereocenters. The second-order valence-corrected chi connectivity index (χ2v) is 4.70. The summed E-state index contributed by atoms with van der Waals surface area (Å²) in [5.74, 6) is -1.25. The van der Waals surface area contributed by atoms with Crippen LogP contribution in [0.4, 0.5) is 0 Å². The van der Waals surface area contributed by atoms with Gasteiger partial charge in [0.05, 0.1) is 5.92 Å². The molecule has 1 aromatic heterocycles. The van der Waals surface area contributed by atoms with Gasteiger partial charge in [-0.2, -0.15) is 0 Å². The van der Waals surface area contributed by atoms with Crippen LogP contribution in [0.15, 0.2) is 15.9 Å². The highest BCUT2D eigenvalue weighted by molar-refractivity contribution is 9.10. The minimum atomic E-state index is -0.795. The van der Waals surface area contributed by atoms with Gasteiger partial charge in [0.2, 0.25) is 0 Å². The molecule has 0 fully saturated rings. The summed E-state index contributed by atoms with van der Waals surface area (Å²) in [6.07, 6.45) is 0.513. The Kier molecular flexibility index (Phi) is 4.57. The standard InChI is InChI=1S/C9H11BrO3S/c1-13-3-2-7(9(11)12)8-4-6(10)5-14-8/h4-5,7H,2-3H2,1H3,(H,11,12). The number of thiophene rings is 1. The molecule has 0 spiro atoms. The molecule has 3 nitrogen and oxygen atoms in total. The van der Waals surface area contributed by atoms with Crippen molar-refractivity contribution in [1.82, 2.24) is 0 Å². The van der Waals surface area contributed by atoms with E-state index in [9.17, 15) is 4.79 Å². The Morgan fingerprint density at radius 1 is 1.79 bits per heavy atom. The van der Waals surface area contributed by atoms with Gasteiger partial charge in [-0.1, -0.05) is 0 Å². The lowest BCUT2D eigenvalue weighted by atomic mass is 10.0. The molecule has 0 aliphatic heterocycles. The molecule has 1 heterocycles. The maximum Gasteiger partial charge on any atom is 0.311 e. The normalized spacial score (nSPS) is 12.7. The summed E-state index contributed by atoms with van der Waals surface area (Å²) in [6, 6.07) is 1.85. The Morgan fingerprint density at radius 2 is 2.50 bits per heavy atom. The molecule has 14 heavy (non-hydrogen) atoms. The van der Waals surface area contributed by atoms with Crippen LogP contribution >= 0.6 is 27.3 Å². The summed E-state index contributed by atoms with van der Waals surface area (Å²) in [7, 11) is 1.57. The molecule has 1 N–H and O–H groups in total. The smallest absolute Gasteiger partial charge is 0.311 e. The number of carboxylic acid groups (broad SMARTS) is 1. The van der Waals surface area contributed by atoms with Crippen LogP contribution in [0, 0.1) is 0 Å². The highest BCUT2D eigenvalue weighted by Crippen LogP contribution is 2.29. The fourth-order valence-corrected chi connectivity index (χ4v) is 2.71. The van der Waals surface area contributed by atoms with Crippen LogP contribution in [0.2, 0.25) is 0 Å². The van der Waals surface area contributed by atoms with Gasteiger partial charge >= 0.3 is 5.97 Å². The lowest BCUT2D eigenvalue weighted by molar-refractivity contribution is -0.139. The number of halogens is 1. The molecule has 1 aromatic rings. The summed E-state index contributed by atoms with van der Waals surface area (Å²) in [5, 5.41) is 10.9. The van der Waals surface area contributed by atoms with Crippen LogP contribution in [-0.2, 0) is 9.53 Å². The highest BCUT2D eigenvalue weighted by Gasteiger charge is 2.20. The van der Waals surface area contributed by atoms with Gasteiger partial charge in [-0.3, -0.25) is 4.79 Å². The number of carboxylic acids is 1. The zero-order valence-electron chi connectivity index (χ0n) is 7.70. The van der Waals surface area contributed by atoms with E-state index in [0.29, 0.717) is 13.0 Å². The highest BCUT2D eigenvalue weighted by atomic mass is 79.9. The first-order valence-electron chi connectivity index (χ1n) is 4.11. The van der Waals surface area contributed by atoms with E-state index < -0.39 is 11.9 Å². The molecule has 78 valence electrons. The van der Waals surface area contributed by atoms with Crippen molar-refractivity contribution in [3.63, 3.8) is 0 Å². The van der Waals surface area contributed by atoms with Crippen LogP contribution in [0.25, 0.3) is 0 Å². The molecule has 1 rings (SSSR count). The Hall–Kier alpha value is -0.390. The molecule has 1 atom stereocenters. The van der Waals surface area contributed by atoms with Crippen LogP contribution in [0.1, 0.15) is 17.2 Å². The van der Waals surface area contributed by atoms with Crippen molar-refractivity contribution in [2.45, 2.75) is 12.3 Å². The number of carbonyl (C=O) groups is 1. The van der Waals surface area contributed by atoms with Gasteiger partial charge in [-0.05, 0) is 28.4 Å². The SMILES string of the molecule is COCCC(C(=O)O)c1cc(Br)cs1. The van der Waals surface area contributed by atoms with E-state index >= 15 is 0 Å². The van der Waals surface area contributed by atoms with Gasteiger partial charge in [0.25, 0.3) is 0 Å². The van der Waals surface area contributed by atoms with Crippen molar-refractivity contribution < 1.29 is 14.6 Å². The number of aliphatic carboxylic acids is 1. The molecular weight excluding hydrogens is 268 g/mol. The van der Waals surface area contributed by atoms with Crippen molar-refractivity contribution in [3.8, 4) is 0 Å². The number of rotatable bonds is 5. The zero-order valence-corrected chi connectivity index (χ0v) is 10.1. The van der Waals surface area contributed by atoms with Gasteiger partial charge < -0.3 is 9.84 Å². The van der Waals surface area contributed by atoms with E-state index in [1.54, 1.807) is 7.11 Å². The zero-order chi connectivity index (χ0) is 10.6. The summed E-state index contributed by atoms with van der Waals surface area (Å²) in [5.41, 5.74) is 0. The second kappa shape index (κ2) is 5.48. The van der Waals surface area contributed by atoms with Gasteiger partial charge in [0, 0.05) is 28.4 Å². The first-order valence-corrected chi connectivity index (χ1v) is 5.78. The first-order chi connectivity index (χ1) is 6.65. The molecule has 0 aromatic carbocycles. The van der Waals surface area contributed by atoms with Crippen molar-refractivity contribution in [1.29, 1.82) is 0 Å². The largest absolute Gasteiger partial charge is 0.481 e. The lowest BCUT2D eigenvalue weighted by Gasteiger charge is -2.08. The van der Waals surface area contributed by atoms with Crippen molar-refractivity contribution in [2.75, 3.05) is 13.7 Å². The maximum atomic E-state index is 11.0. The molecule has 0 aliphatic carbocycles. The molecular formula is C9H11BrO3S. The molecule has 0 saturated heterocycles. The third kappa shape index (κ3) is 3.08. The average Bonchev–Trinajstić information content (AvgIpc) is 2.52. The third-order valence-electron chi connectivity index (χ3n) is 1.84. The van der Waals surface area contributed by atoms with Gasteiger partial charge in [-0.25, -0.2) is 0 Å². The fourth-order valence-electron chi connectivity index (χ4n) is 1.13. The Bertz CT molecular complexity index is 311. The number of hydrogen-bond donors (Lipinski definition) is 1. The Balaban J connectivity index is 2.72. The second-order valence-electron chi connectivity index (χ2n) is 2.84. The van der Waals surface area contributed by atoms with E-state index in [2.05, 4.69) is 15.9 Å². The van der Waals surface area contributed by atoms with Gasteiger partial charge in [0.1, 0.15) is 0 Å². The number of methoxy groups -OCH3 is 1. The summed E-state index contributed by atoms with van der Waals surface area (Å²) >= 11 is 4.76. The maximum absolute atomic E-state index is 11.0. The summed E-state index contributed by atoms with van der Waals surface area (Å²) in [6.45, 7) is 0.465. The predicted octanol–water partition coefficient (Wildman–Crippen LogP) is 2.72. The molecule has 0 amide bonds. The van der Waals surface area contributed by atoms with Crippen LogP contribution in [0.3, 0.4) is 0 Å². The van der Waals surface area contributed by atoms with Crippen molar-refractivity contribution in [3.05, 3.63) is 20.8 Å². The van der Waals surface area contributed by atoms with Crippen LogP contribution in [-0.4, -0.2) is 24.8 Å². The van der Waals surface area contributed by atoms with Crippen LogP contribution in [0.5, 0.6) is 0 Å². The molecule has 0 radical (unpaired) electrons. The minimum absolute atomic E-state index is 0.453. The average molecular weight is 279 g/mol. The number of hydrogen-bond acceptors (Lipinski definition) is 3. The third-order valence-corrected chi connectivity index (χ3v) is 3.65. The minimum Gasteiger partial charge on any atom is -0.481 e. The first kappa shape index (κ1) is 11.7. The molecule has 0 aliphatic rings. The van der Waals surface area contributed by atoms with E-state index in [0.717, 1.165) is 9.35 Å². The Morgan fingerprint density at radius 3 is 2.93 bits per heavy atom. The Labute approximate surface area is 94.8 Å². The monoisotopic (exact) mass is 278 g/mol. The van der Waals surface area contributed by atoms with E-state index in [1.165, 1.54) is 11.3 Å². The van der Waals surface area contributed by atoms with Crippen molar-refractivity contribution in [2.24, 2.45) is 0 Å². The predicted molar refractivity (Wildman–Crippen MR) is 58.9 cm³/mol. The van der Waals surface area contributed by atoms with E-state index in [4.69, 9.17) is 9.84 Å². The van der Waals surface area contributed by atoms with E-state index in [-0.39, 0.29) is 0 Å². The van der Waals surface area contributed by atoms with Gasteiger partial charge in [0.15, 0.2) is 0 Å². The molecule has 5 heteroatoms.